The van der Waals surface area contributed by atoms with Crippen LogP contribution in [0.4, 0.5) is 0 Å². The SMILES string of the molecule is Cc1ccccc1CC(=O)N(C)Cc1ccsc1. The fraction of sp³-hybridized carbons (Fsp3) is 0.267. The van der Waals surface area contributed by atoms with Gasteiger partial charge in [0.25, 0.3) is 0 Å². The summed E-state index contributed by atoms with van der Waals surface area (Å²) in [5.41, 5.74) is 3.48. The standard InChI is InChI=1S/C15H17NOS/c1-12-5-3-4-6-14(12)9-15(17)16(2)10-13-7-8-18-11-13/h3-8,11H,9-10H2,1-2H3. The van der Waals surface area contributed by atoms with Gasteiger partial charge in [0.15, 0.2) is 0 Å². The summed E-state index contributed by atoms with van der Waals surface area (Å²) in [5, 5.41) is 4.12. The van der Waals surface area contributed by atoms with Crippen molar-refractivity contribution in [1.29, 1.82) is 0 Å². The van der Waals surface area contributed by atoms with Gasteiger partial charge in [-0.2, -0.15) is 11.3 Å². The van der Waals surface area contributed by atoms with Crippen molar-refractivity contribution in [1.82, 2.24) is 4.90 Å². The first kappa shape index (κ1) is 12.8. The lowest BCUT2D eigenvalue weighted by Gasteiger charge is -2.17. The zero-order chi connectivity index (χ0) is 13.0. The van der Waals surface area contributed by atoms with Crippen molar-refractivity contribution < 1.29 is 4.79 Å². The highest BCUT2D eigenvalue weighted by molar-refractivity contribution is 7.07. The molecule has 3 heteroatoms. The summed E-state index contributed by atoms with van der Waals surface area (Å²) in [6, 6.07) is 10.1. The number of hydrogen-bond acceptors (Lipinski definition) is 2. The molecule has 1 aromatic carbocycles. The second-order valence-electron chi connectivity index (χ2n) is 4.48. The Hall–Kier alpha value is -1.61. The molecule has 0 saturated heterocycles. The number of hydrogen-bond donors (Lipinski definition) is 0. The van der Waals surface area contributed by atoms with E-state index in [9.17, 15) is 4.79 Å². The maximum Gasteiger partial charge on any atom is 0.227 e. The molecule has 0 radical (unpaired) electrons. The summed E-state index contributed by atoms with van der Waals surface area (Å²) in [7, 11) is 1.86. The van der Waals surface area contributed by atoms with E-state index >= 15 is 0 Å². The molecule has 0 aliphatic rings. The van der Waals surface area contributed by atoms with Crippen LogP contribution in [-0.2, 0) is 17.8 Å². The molecule has 0 unspecified atom stereocenters. The molecule has 1 heterocycles. The van der Waals surface area contributed by atoms with E-state index in [1.165, 1.54) is 11.1 Å². The van der Waals surface area contributed by atoms with Gasteiger partial charge in [-0.1, -0.05) is 24.3 Å². The number of amides is 1. The molecular weight excluding hydrogens is 242 g/mol. The molecule has 0 aliphatic carbocycles. The minimum absolute atomic E-state index is 0.163. The first-order valence-corrected chi connectivity index (χ1v) is 6.90. The van der Waals surface area contributed by atoms with E-state index in [-0.39, 0.29) is 5.91 Å². The molecule has 0 spiro atoms. The van der Waals surface area contributed by atoms with Crippen LogP contribution in [0.15, 0.2) is 41.1 Å². The van der Waals surface area contributed by atoms with Crippen LogP contribution >= 0.6 is 11.3 Å². The van der Waals surface area contributed by atoms with Gasteiger partial charge in [0.1, 0.15) is 0 Å². The van der Waals surface area contributed by atoms with Gasteiger partial charge in [0, 0.05) is 13.6 Å². The molecule has 2 rings (SSSR count). The van der Waals surface area contributed by atoms with Crippen LogP contribution in [0.2, 0.25) is 0 Å². The third-order valence-electron chi connectivity index (χ3n) is 3.03. The molecule has 18 heavy (non-hydrogen) atoms. The van der Waals surface area contributed by atoms with E-state index < -0.39 is 0 Å². The van der Waals surface area contributed by atoms with E-state index in [1.807, 2.05) is 43.6 Å². The zero-order valence-electron chi connectivity index (χ0n) is 10.7. The Morgan fingerprint density at radius 1 is 1.28 bits per heavy atom. The summed E-state index contributed by atoms with van der Waals surface area (Å²) in [6.45, 7) is 2.73. The van der Waals surface area contributed by atoms with Crippen molar-refractivity contribution in [3.8, 4) is 0 Å². The Morgan fingerprint density at radius 2 is 2.06 bits per heavy atom. The smallest absolute Gasteiger partial charge is 0.227 e. The summed E-state index contributed by atoms with van der Waals surface area (Å²) in [5.74, 6) is 0.163. The van der Waals surface area contributed by atoms with E-state index in [0.717, 1.165) is 5.56 Å². The van der Waals surface area contributed by atoms with Gasteiger partial charge in [-0.3, -0.25) is 4.79 Å². The van der Waals surface area contributed by atoms with Crippen LogP contribution in [-0.4, -0.2) is 17.9 Å². The van der Waals surface area contributed by atoms with E-state index in [0.29, 0.717) is 13.0 Å². The summed E-state index contributed by atoms with van der Waals surface area (Å²) in [4.78, 5) is 13.9. The quantitative estimate of drug-likeness (QED) is 0.825. The lowest BCUT2D eigenvalue weighted by Crippen LogP contribution is -2.27. The van der Waals surface area contributed by atoms with Gasteiger partial charge in [0.2, 0.25) is 5.91 Å². The fourth-order valence-corrected chi connectivity index (χ4v) is 2.51. The minimum atomic E-state index is 0.163. The maximum atomic E-state index is 12.1. The molecule has 94 valence electrons. The highest BCUT2D eigenvalue weighted by Gasteiger charge is 2.11. The first-order chi connectivity index (χ1) is 8.66. The lowest BCUT2D eigenvalue weighted by atomic mass is 10.1. The van der Waals surface area contributed by atoms with Crippen LogP contribution in [0, 0.1) is 6.92 Å². The Morgan fingerprint density at radius 3 is 2.72 bits per heavy atom. The molecule has 0 aliphatic heterocycles. The predicted molar refractivity (Wildman–Crippen MR) is 75.7 cm³/mol. The Labute approximate surface area is 112 Å². The first-order valence-electron chi connectivity index (χ1n) is 5.96. The number of likely N-dealkylation sites (N-methyl/N-ethyl adjacent to an activating group) is 1. The van der Waals surface area contributed by atoms with E-state index in [2.05, 4.69) is 11.4 Å². The van der Waals surface area contributed by atoms with Gasteiger partial charge in [-0.15, -0.1) is 0 Å². The average molecular weight is 259 g/mol. The van der Waals surface area contributed by atoms with E-state index in [1.54, 1.807) is 16.2 Å². The van der Waals surface area contributed by atoms with Crippen LogP contribution < -0.4 is 0 Å². The van der Waals surface area contributed by atoms with Crippen molar-refractivity contribution in [2.45, 2.75) is 19.9 Å². The van der Waals surface area contributed by atoms with Gasteiger partial charge < -0.3 is 4.90 Å². The fourth-order valence-electron chi connectivity index (χ4n) is 1.85. The van der Waals surface area contributed by atoms with Crippen LogP contribution in [0.25, 0.3) is 0 Å². The van der Waals surface area contributed by atoms with Crippen LogP contribution in [0.1, 0.15) is 16.7 Å². The highest BCUT2D eigenvalue weighted by Crippen LogP contribution is 2.12. The van der Waals surface area contributed by atoms with Crippen molar-refractivity contribution in [3.63, 3.8) is 0 Å². The maximum absolute atomic E-state index is 12.1. The van der Waals surface area contributed by atoms with Crippen molar-refractivity contribution >= 4 is 17.2 Å². The predicted octanol–water partition coefficient (Wildman–Crippen LogP) is 3.26. The second-order valence-corrected chi connectivity index (χ2v) is 5.26. The molecule has 2 nitrogen and oxygen atoms in total. The van der Waals surface area contributed by atoms with E-state index in [4.69, 9.17) is 0 Å². The Kier molecular flexibility index (Phi) is 4.15. The minimum Gasteiger partial charge on any atom is -0.341 e. The van der Waals surface area contributed by atoms with Crippen molar-refractivity contribution in [2.24, 2.45) is 0 Å². The molecule has 0 atom stereocenters. The molecule has 0 saturated carbocycles. The molecule has 1 aromatic heterocycles. The summed E-state index contributed by atoms with van der Waals surface area (Å²) >= 11 is 1.66. The Balaban J connectivity index is 1.98. The summed E-state index contributed by atoms with van der Waals surface area (Å²) in [6.07, 6.45) is 0.479. The Bertz CT molecular complexity index is 519. The number of thiophene rings is 1. The number of nitrogens with zero attached hydrogens (tertiary/aromatic N) is 1. The van der Waals surface area contributed by atoms with Crippen molar-refractivity contribution in [3.05, 3.63) is 57.8 Å². The third-order valence-corrected chi connectivity index (χ3v) is 3.76. The molecule has 2 aromatic rings. The van der Waals surface area contributed by atoms with Gasteiger partial charge in [-0.05, 0) is 40.4 Å². The summed E-state index contributed by atoms with van der Waals surface area (Å²) < 4.78 is 0. The monoisotopic (exact) mass is 259 g/mol. The lowest BCUT2D eigenvalue weighted by molar-refractivity contribution is -0.129. The zero-order valence-corrected chi connectivity index (χ0v) is 11.5. The van der Waals surface area contributed by atoms with Gasteiger partial charge in [-0.25, -0.2) is 0 Å². The molecule has 0 N–H and O–H groups in total. The number of carbonyl (C=O) groups excluding carboxylic acids is 1. The topological polar surface area (TPSA) is 20.3 Å². The van der Waals surface area contributed by atoms with Crippen LogP contribution in [0.5, 0.6) is 0 Å². The number of rotatable bonds is 4. The second kappa shape index (κ2) is 5.83. The molecular formula is C15H17NOS. The number of benzene rings is 1. The highest BCUT2D eigenvalue weighted by atomic mass is 32.1. The van der Waals surface area contributed by atoms with Crippen LogP contribution in [0.3, 0.4) is 0 Å². The average Bonchev–Trinajstić information content (AvgIpc) is 2.84. The number of carbonyl (C=O) groups is 1. The molecule has 0 bridgehead atoms. The third kappa shape index (κ3) is 3.20. The normalized spacial score (nSPS) is 10.3. The van der Waals surface area contributed by atoms with Crippen molar-refractivity contribution in [2.75, 3.05) is 7.05 Å². The molecule has 0 fully saturated rings. The molecule has 1 amide bonds. The number of aryl methyl sites for hydroxylation is 1. The van der Waals surface area contributed by atoms with Gasteiger partial charge >= 0.3 is 0 Å². The largest absolute Gasteiger partial charge is 0.341 e. The van der Waals surface area contributed by atoms with Gasteiger partial charge in [0.05, 0.1) is 6.42 Å².